The Bertz CT molecular complexity index is 877. The van der Waals surface area contributed by atoms with Crippen LogP contribution in [0.1, 0.15) is 79.4 Å². The third-order valence-corrected chi connectivity index (χ3v) is 6.91. The van der Waals surface area contributed by atoms with Gasteiger partial charge < -0.3 is 20.7 Å². The lowest BCUT2D eigenvalue weighted by atomic mass is 9.96. The van der Waals surface area contributed by atoms with E-state index in [0.29, 0.717) is 30.7 Å². The first-order chi connectivity index (χ1) is 15.6. The first-order valence-corrected chi connectivity index (χ1v) is 12.2. The summed E-state index contributed by atoms with van der Waals surface area (Å²) < 4.78 is 5.65. The predicted octanol–water partition coefficient (Wildman–Crippen LogP) is 4.55. The molecule has 1 saturated heterocycles. The van der Waals surface area contributed by atoms with Crippen molar-refractivity contribution in [2.24, 2.45) is 0 Å². The van der Waals surface area contributed by atoms with Crippen LogP contribution in [0, 0.1) is 0 Å². The molecule has 32 heavy (non-hydrogen) atoms. The monoisotopic (exact) mass is 435 g/mol. The van der Waals surface area contributed by atoms with Crippen LogP contribution >= 0.6 is 0 Å². The van der Waals surface area contributed by atoms with Crippen LogP contribution in [-0.2, 0) is 0 Å². The molecule has 5 heteroatoms. The van der Waals surface area contributed by atoms with Crippen molar-refractivity contribution < 1.29 is 9.53 Å². The third-order valence-electron chi connectivity index (χ3n) is 6.91. The van der Waals surface area contributed by atoms with Gasteiger partial charge in [-0.3, -0.25) is 4.79 Å². The topological polar surface area (TPSA) is 62.4 Å². The molecule has 2 aromatic carbocycles. The van der Waals surface area contributed by atoms with Crippen LogP contribution < -0.4 is 20.7 Å². The maximum atomic E-state index is 12.6. The van der Waals surface area contributed by atoms with Crippen molar-refractivity contribution in [1.82, 2.24) is 16.0 Å². The molecule has 5 nitrogen and oxygen atoms in total. The molecule has 1 amide bonds. The van der Waals surface area contributed by atoms with E-state index in [1.54, 1.807) is 0 Å². The molecule has 0 aromatic heterocycles. The SMILES string of the molecule is CCOc1cccc(C(C)NC2CCC(c3ccc(C(=O)NC4CCNCC4)cc3)C2)c1. The largest absolute Gasteiger partial charge is 0.494 e. The van der Waals surface area contributed by atoms with Gasteiger partial charge in [0.15, 0.2) is 0 Å². The van der Waals surface area contributed by atoms with Crippen LogP contribution in [0.25, 0.3) is 0 Å². The van der Waals surface area contributed by atoms with Gasteiger partial charge in [-0.1, -0.05) is 24.3 Å². The molecule has 2 aliphatic rings. The van der Waals surface area contributed by atoms with E-state index in [-0.39, 0.29) is 5.91 Å². The Kier molecular flexibility index (Phi) is 7.82. The van der Waals surface area contributed by atoms with Crippen molar-refractivity contribution in [3.8, 4) is 5.75 Å². The molecular weight excluding hydrogens is 398 g/mol. The molecule has 1 aliphatic heterocycles. The van der Waals surface area contributed by atoms with E-state index >= 15 is 0 Å². The van der Waals surface area contributed by atoms with E-state index in [2.05, 4.69) is 53.2 Å². The van der Waals surface area contributed by atoms with E-state index in [1.165, 1.54) is 24.0 Å². The number of hydrogen-bond donors (Lipinski definition) is 3. The first kappa shape index (κ1) is 22.8. The Morgan fingerprint density at radius 1 is 1.06 bits per heavy atom. The number of amides is 1. The highest BCUT2D eigenvalue weighted by molar-refractivity contribution is 5.94. The molecule has 1 aliphatic carbocycles. The molecule has 2 fully saturated rings. The molecule has 172 valence electrons. The van der Waals surface area contributed by atoms with Gasteiger partial charge in [-0.15, -0.1) is 0 Å². The van der Waals surface area contributed by atoms with E-state index < -0.39 is 0 Å². The van der Waals surface area contributed by atoms with Crippen molar-refractivity contribution in [1.29, 1.82) is 0 Å². The molecule has 0 bridgehead atoms. The second-order valence-corrected chi connectivity index (χ2v) is 9.22. The fourth-order valence-corrected chi connectivity index (χ4v) is 5.07. The number of ether oxygens (including phenoxy) is 1. The summed E-state index contributed by atoms with van der Waals surface area (Å²) >= 11 is 0. The standard InChI is InChI=1S/C27H37N3O2/c1-3-32-26-6-4-5-22(18-26)19(2)29-25-12-11-23(17-25)20-7-9-21(10-8-20)27(31)30-24-13-15-28-16-14-24/h4-10,18-19,23-25,28-29H,3,11-17H2,1-2H3,(H,30,31). The average molecular weight is 436 g/mol. The first-order valence-electron chi connectivity index (χ1n) is 12.2. The van der Waals surface area contributed by atoms with Gasteiger partial charge >= 0.3 is 0 Å². The zero-order valence-corrected chi connectivity index (χ0v) is 19.4. The van der Waals surface area contributed by atoms with E-state index in [4.69, 9.17) is 4.74 Å². The van der Waals surface area contributed by atoms with Crippen LogP contribution in [0.4, 0.5) is 0 Å². The van der Waals surface area contributed by atoms with Gasteiger partial charge in [0, 0.05) is 23.7 Å². The number of nitrogens with one attached hydrogen (secondary N) is 3. The molecule has 4 rings (SSSR count). The number of carbonyl (C=O) groups excluding carboxylic acids is 1. The molecule has 2 aromatic rings. The average Bonchev–Trinajstić information content (AvgIpc) is 3.29. The van der Waals surface area contributed by atoms with Crippen molar-refractivity contribution in [2.75, 3.05) is 19.7 Å². The lowest BCUT2D eigenvalue weighted by molar-refractivity contribution is 0.0929. The number of benzene rings is 2. The smallest absolute Gasteiger partial charge is 0.251 e. The maximum absolute atomic E-state index is 12.6. The lowest BCUT2D eigenvalue weighted by Crippen LogP contribution is -2.42. The summed E-state index contributed by atoms with van der Waals surface area (Å²) in [6.07, 6.45) is 5.52. The summed E-state index contributed by atoms with van der Waals surface area (Å²) in [6, 6.07) is 17.8. The minimum absolute atomic E-state index is 0.0533. The van der Waals surface area contributed by atoms with Crippen molar-refractivity contribution in [2.45, 2.75) is 70.0 Å². The lowest BCUT2D eigenvalue weighted by Gasteiger charge is -2.23. The zero-order chi connectivity index (χ0) is 22.3. The molecule has 1 heterocycles. The van der Waals surface area contributed by atoms with Crippen molar-refractivity contribution >= 4 is 5.91 Å². The van der Waals surface area contributed by atoms with E-state index in [1.807, 2.05) is 25.1 Å². The Balaban J connectivity index is 1.29. The minimum atomic E-state index is 0.0533. The zero-order valence-electron chi connectivity index (χ0n) is 19.4. The second-order valence-electron chi connectivity index (χ2n) is 9.22. The normalized spacial score (nSPS) is 22.4. The number of piperidine rings is 1. The Morgan fingerprint density at radius 2 is 1.84 bits per heavy atom. The highest BCUT2D eigenvalue weighted by Gasteiger charge is 2.27. The molecule has 3 unspecified atom stereocenters. The fourth-order valence-electron chi connectivity index (χ4n) is 5.07. The molecule has 3 atom stereocenters. The molecule has 0 radical (unpaired) electrons. The van der Waals surface area contributed by atoms with Gasteiger partial charge in [0.2, 0.25) is 0 Å². The number of rotatable bonds is 8. The summed E-state index contributed by atoms with van der Waals surface area (Å²) in [5, 5.41) is 10.3. The van der Waals surface area contributed by atoms with Crippen LogP contribution in [0.5, 0.6) is 5.75 Å². The van der Waals surface area contributed by atoms with Crippen LogP contribution in [0.3, 0.4) is 0 Å². The third kappa shape index (κ3) is 5.90. The predicted molar refractivity (Wildman–Crippen MR) is 129 cm³/mol. The van der Waals surface area contributed by atoms with Gasteiger partial charge in [-0.25, -0.2) is 0 Å². The Morgan fingerprint density at radius 3 is 2.59 bits per heavy atom. The van der Waals surface area contributed by atoms with Gasteiger partial charge in [0.25, 0.3) is 5.91 Å². The summed E-state index contributed by atoms with van der Waals surface area (Å²) in [7, 11) is 0. The molecule has 3 N–H and O–H groups in total. The molecule has 1 saturated carbocycles. The van der Waals surface area contributed by atoms with Crippen LogP contribution in [0.15, 0.2) is 48.5 Å². The quantitative estimate of drug-likeness (QED) is 0.569. The molecular formula is C27H37N3O2. The van der Waals surface area contributed by atoms with Gasteiger partial charge in [-0.05, 0) is 100 Å². The number of carbonyl (C=O) groups is 1. The summed E-state index contributed by atoms with van der Waals surface area (Å²) in [6.45, 7) is 6.90. The van der Waals surface area contributed by atoms with Gasteiger partial charge in [0.1, 0.15) is 5.75 Å². The summed E-state index contributed by atoms with van der Waals surface area (Å²) in [5.41, 5.74) is 3.38. The van der Waals surface area contributed by atoms with E-state index in [0.717, 1.165) is 43.7 Å². The highest BCUT2D eigenvalue weighted by Crippen LogP contribution is 2.35. The summed E-state index contributed by atoms with van der Waals surface area (Å²) in [4.78, 5) is 12.6. The Labute approximate surface area is 192 Å². The number of hydrogen-bond acceptors (Lipinski definition) is 4. The van der Waals surface area contributed by atoms with Crippen LogP contribution in [-0.4, -0.2) is 37.7 Å². The maximum Gasteiger partial charge on any atom is 0.251 e. The summed E-state index contributed by atoms with van der Waals surface area (Å²) in [5.74, 6) is 1.54. The van der Waals surface area contributed by atoms with Crippen molar-refractivity contribution in [3.05, 3.63) is 65.2 Å². The van der Waals surface area contributed by atoms with Gasteiger partial charge in [-0.2, -0.15) is 0 Å². The fraction of sp³-hybridized carbons (Fsp3) is 0.519. The Hall–Kier alpha value is -2.37. The second kappa shape index (κ2) is 11.0. The molecule has 0 spiro atoms. The minimum Gasteiger partial charge on any atom is -0.494 e. The van der Waals surface area contributed by atoms with Crippen LogP contribution in [0.2, 0.25) is 0 Å². The highest BCUT2D eigenvalue weighted by atomic mass is 16.5. The van der Waals surface area contributed by atoms with E-state index in [9.17, 15) is 4.79 Å². The van der Waals surface area contributed by atoms with Gasteiger partial charge in [0.05, 0.1) is 6.61 Å². The van der Waals surface area contributed by atoms with Crippen molar-refractivity contribution in [3.63, 3.8) is 0 Å².